The third kappa shape index (κ3) is 5.90. The number of nitrogens with two attached hydrogens (primary N) is 1. The van der Waals surface area contributed by atoms with Gasteiger partial charge in [-0.25, -0.2) is 8.42 Å². The zero-order valence-electron chi connectivity index (χ0n) is 12.0. The van der Waals surface area contributed by atoms with E-state index in [0.29, 0.717) is 19.6 Å². The highest BCUT2D eigenvalue weighted by molar-refractivity contribution is 7.91. The Morgan fingerprint density at radius 2 is 1.90 bits per heavy atom. The number of sulfone groups is 1. The summed E-state index contributed by atoms with van der Waals surface area (Å²) >= 11 is 0. The summed E-state index contributed by atoms with van der Waals surface area (Å²) in [6.07, 6.45) is 0.495. The molecule has 0 spiro atoms. The van der Waals surface area contributed by atoms with Crippen LogP contribution in [-0.4, -0.2) is 40.2 Å². The molecule has 6 heteroatoms. The Kier molecular flexibility index (Phi) is 6.98. The van der Waals surface area contributed by atoms with Gasteiger partial charge in [0.15, 0.2) is 9.84 Å². The topological polar surface area (TPSA) is 78.6 Å². The Morgan fingerprint density at radius 3 is 2.45 bits per heavy atom. The zero-order valence-corrected chi connectivity index (χ0v) is 12.9. The maximum Gasteiger partial charge on any atom is 0.152 e. The van der Waals surface area contributed by atoms with E-state index in [1.165, 1.54) is 0 Å². The van der Waals surface area contributed by atoms with Gasteiger partial charge in [-0.3, -0.25) is 0 Å². The molecule has 0 fully saturated rings. The van der Waals surface area contributed by atoms with Gasteiger partial charge in [-0.1, -0.05) is 12.1 Å². The molecule has 0 aliphatic carbocycles. The summed E-state index contributed by atoms with van der Waals surface area (Å²) in [5, 5.41) is 0. The summed E-state index contributed by atoms with van der Waals surface area (Å²) in [6.45, 7) is 2.95. The van der Waals surface area contributed by atoms with E-state index < -0.39 is 15.9 Å². The molecule has 1 aromatic rings. The number of hydrogen-bond donors (Lipinski definition) is 1. The van der Waals surface area contributed by atoms with Crippen molar-refractivity contribution >= 4 is 9.84 Å². The molecule has 0 bridgehead atoms. The molecule has 114 valence electrons. The molecule has 5 nitrogen and oxygen atoms in total. The minimum Gasteiger partial charge on any atom is -0.494 e. The van der Waals surface area contributed by atoms with E-state index in [1.54, 1.807) is 31.4 Å². The van der Waals surface area contributed by atoms with Crippen LogP contribution >= 0.6 is 0 Å². The highest BCUT2D eigenvalue weighted by Gasteiger charge is 2.17. The number of hydrogen-bond acceptors (Lipinski definition) is 5. The van der Waals surface area contributed by atoms with Crippen molar-refractivity contribution in [2.75, 3.05) is 31.8 Å². The summed E-state index contributed by atoms with van der Waals surface area (Å²) in [4.78, 5) is 0. The van der Waals surface area contributed by atoms with Crippen LogP contribution in [-0.2, 0) is 14.6 Å². The van der Waals surface area contributed by atoms with E-state index in [4.69, 9.17) is 15.2 Å². The van der Waals surface area contributed by atoms with Crippen LogP contribution in [0.5, 0.6) is 5.75 Å². The molecule has 1 atom stereocenters. The Hall–Kier alpha value is -1.11. The molecule has 0 radical (unpaired) electrons. The minimum absolute atomic E-state index is 0.0509. The predicted octanol–water partition coefficient (Wildman–Crippen LogP) is 1.54. The van der Waals surface area contributed by atoms with Gasteiger partial charge < -0.3 is 15.2 Å². The first-order chi connectivity index (χ1) is 9.48. The van der Waals surface area contributed by atoms with Crippen LogP contribution in [0.15, 0.2) is 24.3 Å². The summed E-state index contributed by atoms with van der Waals surface area (Å²) in [5.41, 5.74) is 6.75. The number of benzene rings is 1. The van der Waals surface area contributed by atoms with Crippen LogP contribution in [0, 0.1) is 0 Å². The second-order valence-electron chi connectivity index (χ2n) is 4.57. The van der Waals surface area contributed by atoms with Crippen LogP contribution in [0.4, 0.5) is 0 Å². The lowest BCUT2D eigenvalue weighted by Crippen LogP contribution is -2.24. The second-order valence-corrected chi connectivity index (χ2v) is 6.80. The molecule has 0 saturated carbocycles. The largest absolute Gasteiger partial charge is 0.494 e. The molecule has 20 heavy (non-hydrogen) atoms. The van der Waals surface area contributed by atoms with Gasteiger partial charge in [0, 0.05) is 19.8 Å². The summed E-state index contributed by atoms with van der Waals surface area (Å²) in [7, 11) is -1.60. The van der Waals surface area contributed by atoms with E-state index in [-0.39, 0.29) is 11.5 Å². The van der Waals surface area contributed by atoms with Crippen LogP contribution in [0.1, 0.15) is 24.9 Å². The molecule has 0 aliphatic rings. The number of methoxy groups -OCH3 is 1. The zero-order chi connectivity index (χ0) is 15.0. The molecular formula is C14H23NO4S. The molecule has 0 heterocycles. The summed E-state index contributed by atoms with van der Waals surface area (Å²) in [5.74, 6) is 0.808. The van der Waals surface area contributed by atoms with Gasteiger partial charge in [0.05, 0.1) is 18.1 Å². The maximum atomic E-state index is 11.9. The van der Waals surface area contributed by atoms with Gasteiger partial charge in [0.1, 0.15) is 5.75 Å². The van der Waals surface area contributed by atoms with Gasteiger partial charge in [-0.2, -0.15) is 0 Å². The normalized spacial score (nSPS) is 13.2. The quantitative estimate of drug-likeness (QED) is 0.700. The summed E-state index contributed by atoms with van der Waals surface area (Å²) < 4.78 is 34.0. The van der Waals surface area contributed by atoms with Crippen molar-refractivity contribution in [2.24, 2.45) is 5.73 Å². The smallest absolute Gasteiger partial charge is 0.152 e. The number of rotatable bonds is 9. The van der Waals surface area contributed by atoms with Crippen molar-refractivity contribution in [3.8, 4) is 5.75 Å². The minimum atomic E-state index is -3.16. The van der Waals surface area contributed by atoms with E-state index >= 15 is 0 Å². The molecule has 1 aromatic carbocycles. The average Bonchev–Trinajstić information content (AvgIpc) is 2.39. The molecule has 0 aromatic heterocycles. The Bertz CT molecular complexity index is 484. The molecular weight excluding hydrogens is 278 g/mol. The third-order valence-electron chi connectivity index (χ3n) is 2.86. The molecule has 1 rings (SSSR count). The van der Waals surface area contributed by atoms with Gasteiger partial charge in [-0.05, 0) is 31.0 Å². The van der Waals surface area contributed by atoms with Crippen molar-refractivity contribution in [3.05, 3.63) is 29.8 Å². The van der Waals surface area contributed by atoms with Crippen molar-refractivity contribution in [1.82, 2.24) is 0 Å². The Labute approximate surface area is 121 Å². The lowest BCUT2D eigenvalue weighted by atomic mass is 10.1. The van der Waals surface area contributed by atoms with Crippen LogP contribution in [0.3, 0.4) is 0 Å². The van der Waals surface area contributed by atoms with Crippen molar-refractivity contribution in [2.45, 2.75) is 19.4 Å². The lowest BCUT2D eigenvalue weighted by molar-refractivity contribution is 0.199. The fourth-order valence-electron chi connectivity index (χ4n) is 1.85. The van der Waals surface area contributed by atoms with E-state index in [9.17, 15) is 8.42 Å². The van der Waals surface area contributed by atoms with Crippen LogP contribution < -0.4 is 10.5 Å². The predicted molar refractivity (Wildman–Crippen MR) is 79.7 cm³/mol. The van der Waals surface area contributed by atoms with Crippen molar-refractivity contribution < 1.29 is 17.9 Å². The lowest BCUT2D eigenvalue weighted by Gasteiger charge is -2.13. The Morgan fingerprint density at radius 1 is 1.25 bits per heavy atom. The van der Waals surface area contributed by atoms with E-state index in [2.05, 4.69) is 0 Å². The van der Waals surface area contributed by atoms with Gasteiger partial charge in [-0.15, -0.1) is 0 Å². The monoisotopic (exact) mass is 301 g/mol. The maximum absolute atomic E-state index is 11.9. The highest BCUT2D eigenvalue weighted by atomic mass is 32.2. The van der Waals surface area contributed by atoms with E-state index in [1.807, 2.05) is 6.92 Å². The fourth-order valence-corrected chi connectivity index (χ4v) is 3.32. The first kappa shape index (κ1) is 16.9. The molecule has 0 saturated heterocycles. The van der Waals surface area contributed by atoms with Gasteiger partial charge >= 0.3 is 0 Å². The molecule has 2 N–H and O–H groups in total. The molecule has 0 aliphatic heterocycles. The van der Waals surface area contributed by atoms with Gasteiger partial charge in [0.25, 0.3) is 0 Å². The van der Waals surface area contributed by atoms with Gasteiger partial charge in [0.2, 0.25) is 0 Å². The van der Waals surface area contributed by atoms with Crippen LogP contribution in [0.25, 0.3) is 0 Å². The van der Waals surface area contributed by atoms with Crippen LogP contribution in [0.2, 0.25) is 0 Å². The SMILES string of the molecule is CCOc1ccc(C(N)CS(=O)(=O)CCCOC)cc1. The fraction of sp³-hybridized carbons (Fsp3) is 0.571. The molecule has 0 amide bonds. The standard InChI is InChI=1S/C14H23NO4S/c1-3-19-13-7-5-12(6-8-13)14(15)11-20(16,17)10-4-9-18-2/h5-8,14H,3-4,9-11,15H2,1-2H3. The summed E-state index contributed by atoms with van der Waals surface area (Å²) in [6, 6.07) is 6.70. The van der Waals surface area contributed by atoms with Crippen molar-refractivity contribution in [1.29, 1.82) is 0 Å². The average molecular weight is 301 g/mol. The highest BCUT2D eigenvalue weighted by Crippen LogP contribution is 2.18. The third-order valence-corrected chi connectivity index (χ3v) is 4.63. The first-order valence-electron chi connectivity index (χ1n) is 6.66. The van der Waals surface area contributed by atoms with Crippen molar-refractivity contribution in [3.63, 3.8) is 0 Å². The Balaban J connectivity index is 2.58. The number of ether oxygens (including phenoxy) is 2. The second kappa shape index (κ2) is 8.24. The first-order valence-corrected chi connectivity index (χ1v) is 8.48. The molecule has 1 unspecified atom stereocenters. The van der Waals surface area contributed by atoms with E-state index in [0.717, 1.165) is 11.3 Å².